The van der Waals surface area contributed by atoms with Crippen LogP contribution in [0.25, 0.3) is 0 Å². The van der Waals surface area contributed by atoms with E-state index in [1.165, 1.54) is 167 Å². The first-order valence-corrected chi connectivity index (χ1v) is 19.5. The zero-order chi connectivity index (χ0) is 30.5. The Morgan fingerprint density at radius 2 is 0.837 bits per heavy atom. The number of unbranched alkanes of at least 4 members (excludes halogenated alkanes) is 16. The van der Waals surface area contributed by atoms with Crippen molar-refractivity contribution in [2.45, 2.75) is 218 Å². The fraction of sp³-hybridized carbons (Fsp3) is 0.900. The van der Waals surface area contributed by atoms with Gasteiger partial charge in [0.15, 0.2) is 0 Å². The minimum absolute atomic E-state index is 0.390. The number of hydrogen-bond donors (Lipinski definition) is 0. The predicted octanol–water partition coefficient (Wildman–Crippen LogP) is 12.6. The highest BCUT2D eigenvalue weighted by atomic mass is 16.5. The Bertz CT molecular complexity index is 582. The maximum Gasteiger partial charge on any atom is 0.0598 e. The molecule has 2 fully saturated rings. The normalized spacial score (nSPS) is 20.0. The molecule has 0 saturated carbocycles. The van der Waals surface area contributed by atoms with Crippen molar-refractivity contribution < 1.29 is 14.2 Å². The summed E-state index contributed by atoms with van der Waals surface area (Å²) in [6, 6.07) is 0. The molecule has 3 nitrogen and oxygen atoms in total. The highest BCUT2D eigenvalue weighted by Crippen LogP contribution is 2.26. The lowest BCUT2D eigenvalue weighted by Gasteiger charge is -2.32. The van der Waals surface area contributed by atoms with E-state index in [1.54, 1.807) is 0 Å². The molecule has 252 valence electrons. The molecular formula is C40H74O3. The lowest BCUT2D eigenvalue weighted by molar-refractivity contribution is -0.0859. The molecule has 0 aromatic heterocycles. The van der Waals surface area contributed by atoms with Gasteiger partial charge < -0.3 is 14.2 Å². The van der Waals surface area contributed by atoms with E-state index in [0.717, 1.165) is 26.1 Å². The van der Waals surface area contributed by atoms with Crippen LogP contribution >= 0.6 is 0 Å². The molecule has 43 heavy (non-hydrogen) atoms. The largest absolute Gasteiger partial charge is 0.378 e. The van der Waals surface area contributed by atoms with E-state index < -0.39 is 0 Å². The topological polar surface area (TPSA) is 27.7 Å². The predicted molar refractivity (Wildman–Crippen MR) is 187 cm³/mol. The van der Waals surface area contributed by atoms with Gasteiger partial charge in [0, 0.05) is 13.2 Å². The van der Waals surface area contributed by atoms with E-state index in [-0.39, 0.29) is 0 Å². The van der Waals surface area contributed by atoms with Crippen molar-refractivity contribution in [2.24, 2.45) is 0 Å². The first kappa shape index (κ1) is 38.5. The molecule has 4 atom stereocenters. The van der Waals surface area contributed by atoms with Crippen molar-refractivity contribution in [1.82, 2.24) is 0 Å². The SMILES string of the molecule is CCCCCCCC/C=C\CCCCC(CCC1CCO1)OC(CCCC/C=C\CCCCCCCC)CCC1CCO1. The standard InChI is InChI=1S/C40H74O3/c1-3-5-7-9-11-13-15-17-19-21-23-25-27-39(31-29-37-33-35-41-37)43-40(32-30-38-34-36-42-38)28-26-24-22-20-18-16-14-12-10-8-6-4-2/h17-20,37-40H,3-16,21-36H2,1-2H3/b19-17-,20-18-. The van der Waals surface area contributed by atoms with Gasteiger partial charge >= 0.3 is 0 Å². The van der Waals surface area contributed by atoms with Gasteiger partial charge in [0.1, 0.15) is 0 Å². The molecule has 4 unspecified atom stereocenters. The Morgan fingerprint density at radius 3 is 1.19 bits per heavy atom. The number of rotatable bonds is 32. The molecule has 2 heterocycles. The average Bonchev–Trinajstić information content (AvgIpc) is 2.96. The van der Waals surface area contributed by atoms with Gasteiger partial charge in [-0.25, -0.2) is 0 Å². The van der Waals surface area contributed by atoms with Crippen LogP contribution in [-0.2, 0) is 14.2 Å². The summed E-state index contributed by atoms with van der Waals surface area (Å²) in [4.78, 5) is 0. The van der Waals surface area contributed by atoms with E-state index in [9.17, 15) is 0 Å². The molecule has 0 aromatic carbocycles. The maximum absolute atomic E-state index is 6.94. The minimum atomic E-state index is 0.390. The van der Waals surface area contributed by atoms with Crippen LogP contribution in [0.5, 0.6) is 0 Å². The molecule has 3 heteroatoms. The third-order valence-corrected chi connectivity index (χ3v) is 9.67. The summed E-state index contributed by atoms with van der Waals surface area (Å²) >= 11 is 0. The summed E-state index contributed by atoms with van der Waals surface area (Å²) in [5.74, 6) is 0. The van der Waals surface area contributed by atoms with Gasteiger partial charge in [0.05, 0.1) is 24.4 Å². The first-order chi connectivity index (χ1) is 21.3. The molecule has 0 bridgehead atoms. The zero-order valence-electron chi connectivity index (χ0n) is 29.1. The van der Waals surface area contributed by atoms with Crippen LogP contribution in [0.1, 0.15) is 194 Å². The van der Waals surface area contributed by atoms with Crippen molar-refractivity contribution in [3.8, 4) is 0 Å². The summed E-state index contributed by atoms with van der Waals surface area (Å²) < 4.78 is 18.5. The summed E-state index contributed by atoms with van der Waals surface area (Å²) in [5, 5.41) is 0. The monoisotopic (exact) mass is 603 g/mol. The van der Waals surface area contributed by atoms with E-state index in [2.05, 4.69) is 38.2 Å². The van der Waals surface area contributed by atoms with E-state index in [1.807, 2.05) is 0 Å². The molecule has 0 amide bonds. The van der Waals surface area contributed by atoms with Crippen LogP contribution in [0.15, 0.2) is 24.3 Å². The van der Waals surface area contributed by atoms with Gasteiger partial charge in [-0.2, -0.15) is 0 Å². The van der Waals surface area contributed by atoms with E-state index >= 15 is 0 Å². The second-order valence-corrected chi connectivity index (χ2v) is 13.7. The first-order valence-electron chi connectivity index (χ1n) is 19.5. The van der Waals surface area contributed by atoms with Gasteiger partial charge in [-0.1, -0.05) is 115 Å². The molecule has 0 aliphatic carbocycles. The Balaban J connectivity index is 1.65. The number of hydrogen-bond acceptors (Lipinski definition) is 3. The minimum Gasteiger partial charge on any atom is -0.378 e. The Kier molecular flexibility index (Phi) is 25.8. The molecule has 2 aliphatic heterocycles. The molecule has 0 radical (unpaired) electrons. The Morgan fingerprint density at radius 1 is 0.488 bits per heavy atom. The molecule has 2 aliphatic rings. The summed E-state index contributed by atoms with van der Waals surface area (Å²) in [7, 11) is 0. The highest BCUT2D eigenvalue weighted by Gasteiger charge is 2.24. The lowest BCUT2D eigenvalue weighted by Crippen LogP contribution is -2.31. The van der Waals surface area contributed by atoms with Crippen LogP contribution in [0.4, 0.5) is 0 Å². The maximum atomic E-state index is 6.94. The second kappa shape index (κ2) is 28.8. The number of allylic oxidation sites excluding steroid dienone is 4. The van der Waals surface area contributed by atoms with Crippen molar-refractivity contribution in [2.75, 3.05) is 13.2 Å². The summed E-state index contributed by atoms with van der Waals surface area (Å²) in [6.45, 7) is 6.50. The van der Waals surface area contributed by atoms with Crippen molar-refractivity contribution >= 4 is 0 Å². The smallest absolute Gasteiger partial charge is 0.0598 e. The van der Waals surface area contributed by atoms with Crippen LogP contribution in [0, 0.1) is 0 Å². The van der Waals surface area contributed by atoms with Crippen LogP contribution in [-0.4, -0.2) is 37.6 Å². The molecular weight excluding hydrogens is 528 g/mol. The van der Waals surface area contributed by atoms with Crippen molar-refractivity contribution in [3.63, 3.8) is 0 Å². The molecule has 0 aromatic rings. The third kappa shape index (κ3) is 22.5. The van der Waals surface area contributed by atoms with Gasteiger partial charge in [-0.05, 0) is 103 Å². The molecule has 0 spiro atoms. The lowest BCUT2D eigenvalue weighted by atomic mass is 9.98. The van der Waals surface area contributed by atoms with Crippen LogP contribution in [0.2, 0.25) is 0 Å². The van der Waals surface area contributed by atoms with Gasteiger partial charge in [-0.15, -0.1) is 0 Å². The fourth-order valence-electron chi connectivity index (χ4n) is 6.43. The molecule has 2 saturated heterocycles. The average molecular weight is 603 g/mol. The van der Waals surface area contributed by atoms with E-state index in [0.29, 0.717) is 24.4 Å². The Hall–Kier alpha value is -0.640. The third-order valence-electron chi connectivity index (χ3n) is 9.67. The second-order valence-electron chi connectivity index (χ2n) is 13.7. The molecule has 0 N–H and O–H groups in total. The van der Waals surface area contributed by atoms with E-state index in [4.69, 9.17) is 14.2 Å². The fourth-order valence-corrected chi connectivity index (χ4v) is 6.43. The van der Waals surface area contributed by atoms with Gasteiger partial charge in [0.2, 0.25) is 0 Å². The highest BCUT2D eigenvalue weighted by molar-refractivity contribution is 4.83. The van der Waals surface area contributed by atoms with Crippen LogP contribution in [0.3, 0.4) is 0 Å². The quantitative estimate of drug-likeness (QED) is 0.0566. The zero-order valence-corrected chi connectivity index (χ0v) is 29.1. The van der Waals surface area contributed by atoms with Gasteiger partial charge in [0.25, 0.3) is 0 Å². The summed E-state index contributed by atoms with van der Waals surface area (Å²) in [5.41, 5.74) is 0. The number of ether oxygens (including phenoxy) is 3. The van der Waals surface area contributed by atoms with Crippen molar-refractivity contribution in [3.05, 3.63) is 24.3 Å². The Labute approximate surface area is 269 Å². The van der Waals surface area contributed by atoms with Crippen molar-refractivity contribution in [1.29, 1.82) is 0 Å². The van der Waals surface area contributed by atoms with Crippen LogP contribution < -0.4 is 0 Å². The van der Waals surface area contributed by atoms with Gasteiger partial charge in [-0.3, -0.25) is 0 Å². The summed E-state index contributed by atoms with van der Waals surface area (Å²) in [6.07, 6.45) is 47.9. The molecule has 2 rings (SSSR count).